The molecule has 2 atom stereocenters. The summed E-state index contributed by atoms with van der Waals surface area (Å²) in [4.78, 5) is 2.39. The van der Waals surface area contributed by atoms with Crippen LogP contribution in [0.2, 0.25) is 0 Å². The van der Waals surface area contributed by atoms with Gasteiger partial charge in [0.05, 0.1) is 25.4 Å². The van der Waals surface area contributed by atoms with E-state index in [-0.39, 0.29) is 0 Å². The molecule has 1 heterocycles. The summed E-state index contributed by atoms with van der Waals surface area (Å²) in [5, 5.41) is 9.64. The van der Waals surface area contributed by atoms with Crippen LogP contribution in [-0.4, -0.2) is 30.9 Å². The molecular weight excluding hydrogens is 294 g/mol. The zero-order chi connectivity index (χ0) is 13.1. The number of aliphatic hydroxyl groups excluding tert-OH is 1. The van der Waals surface area contributed by atoms with Crippen molar-refractivity contribution in [3.63, 3.8) is 0 Å². The van der Waals surface area contributed by atoms with Crippen LogP contribution in [-0.2, 0) is 4.74 Å². The Labute approximate surface area is 117 Å². The van der Waals surface area contributed by atoms with Crippen molar-refractivity contribution in [3.8, 4) is 0 Å². The predicted molar refractivity (Wildman–Crippen MR) is 77.0 cm³/mol. The van der Waals surface area contributed by atoms with Crippen molar-refractivity contribution in [1.29, 1.82) is 0 Å². The molecule has 0 saturated carbocycles. The molecule has 0 bridgehead atoms. The van der Waals surface area contributed by atoms with Crippen LogP contribution in [0.4, 0.5) is 5.69 Å². The van der Waals surface area contributed by atoms with Gasteiger partial charge < -0.3 is 14.7 Å². The number of halogens is 1. The lowest BCUT2D eigenvalue weighted by molar-refractivity contribution is 0.0930. The fraction of sp³-hybridized carbons (Fsp3) is 0.571. The lowest BCUT2D eigenvalue weighted by Crippen LogP contribution is -2.45. The maximum atomic E-state index is 9.64. The number of nitrogens with zero attached hydrogens (tertiary/aromatic N) is 1. The highest BCUT2D eigenvalue weighted by molar-refractivity contribution is 9.10. The van der Waals surface area contributed by atoms with E-state index in [0.29, 0.717) is 6.04 Å². The van der Waals surface area contributed by atoms with Gasteiger partial charge in [-0.3, -0.25) is 0 Å². The summed E-state index contributed by atoms with van der Waals surface area (Å²) in [6.45, 7) is 6.48. The first kappa shape index (κ1) is 13.8. The van der Waals surface area contributed by atoms with Gasteiger partial charge in [-0.1, -0.05) is 28.9 Å². The highest BCUT2D eigenvalue weighted by atomic mass is 79.9. The van der Waals surface area contributed by atoms with Crippen LogP contribution in [0.5, 0.6) is 0 Å². The van der Waals surface area contributed by atoms with Gasteiger partial charge in [0.1, 0.15) is 0 Å². The highest BCUT2D eigenvalue weighted by Gasteiger charge is 2.22. The fourth-order valence-corrected chi connectivity index (χ4v) is 3.06. The number of rotatable bonds is 3. The molecule has 0 aliphatic carbocycles. The van der Waals surface area contributed by atoms with Crippen molar-refractivity contribution in [3.05, 3.63) is 28.2 Å². The SMILES string of the molecule is CCC1COCCN1c1ccc(C(C)O)c(Br)c1. The molecule has 1 aromatic rings. The molecule has 0 aromatic heterocycles. The topological polar surface area (TPSA) is 32.7 Å². The van der Waals surface area contributed by atoms with Crippen LogP contribution >= 0.6 is 15.9 Å². The zero-order valence-electron chi connectivity index (χ0n) is 10.9. The zero-order valence-corrected chi connectivity index (χ0v) is 12.5. The molecule has 2 rings (SSSR count). The van der Waals surface area contributed by atoms with E-state index >= 15 is 0 Å². The second-order valence-corrected chi connectivity index (χ2v) is 5.57. The van der Waals surface area contributed by atoms with Crippen LogP contribution in [0.1, 0.15) is 31.9 Å². The average Bonchev–Trinajstić information content (AvgIpc) is 2.38. The van der Waals surface area contributed by atoms with Crippen molar-refractivity contribution in [2.45, 2.75) is 32.4 Å². The predicted octanol–water partition coefficient (Wildman–Crippen LogP) is 3.12. The highest BCUT2D eigenvalue weighted by Crippen LogP contribution is 2.30. The minimum atomic E-state index is -0.444. The Balaban J connectivity index is 2.24. The first-order valence-electron chi connectivity index (χ1n) is 6.45. The number of ether oxygens (including phenoxy) is 1. The summed E-state index contributed by atoms with van der Waals surface area (Å²) >= 11 is 3.54. The molecule has 0 amide bonds. The summed E-state index contributed by atoms with van der Waals surface area (Å²) in [7, 11) is 0. The van der Waals surface area contributed by atoms with Gasteiger partial charge in [0.25, 0.3) is 0 Å². The Morgan fingerprint density at radius 2 is 2.33 bits per heavy atom. The van der Waals surface area contributed by atoms with Gasteiger partial charge >= 0.3 is 0 Å². The monoisotopic (exact) mass is 313 g/mol. The van der Waals surface area contributed by atoms with Gasteiger partial charge in [0, 0.05) is 16.7 Å². The third-order valence-electron chi connectivity index (χ3n) is 3.46. The maximum Gasteiger partial charge on any atom is 0.0772 e. The van der Waals surface area contributed by atoms with Crippen molar-refractivity contribution >= 4 is 21.6 Å². The number of benzene rings is 1. The summed E-state index contributed by atoms with van der Waals surface area (Å²) in [6, 6.07) is 6.62. The number of anilines is 1. The van der Waals surface area contributed by atoms with Gasteiger partial charge in [-0.15, -0.1) is 0 Å². The molecule has 100 valence electrons. The van der Waals surface area contributed by atoms with Crippen molar-refractivity contribution in [2.24, 2.45) is 0 Å². The summed E-state index contributed by atoms with van der Waals surface area (Å²) in [6.07, 6.45) is 0.635. The van der Waals surface area contributed by atoms with Crippen LogP contribution < -0.4 is 4.90 Å². The Hall–Kier alpha value is -0.580. The van der Waals surface area contributed by atoms with Crippen molar-refractivity contribution < 1.29 is 9.84 Å². The van der Waals surface area contributed by atoms with Gasteiger partial charge in [-0.2, -0.15) is 0 Å². The van der Waals surface area contributed by atoms with E-state index in [1.807, 2.05) is 6.07 Å². The molecule has 1 N–H and O–H groups in total. The van der Waals surface area contributed by atoms with Crippen LogP contribution in [0, 0.1) is 0 Å². The van der Waals surface area contributed by atoms with Gasteiger partial charge in [0.15, 0.2) is 0 Å². The van der Waals surface area contributed by atoms with Crippen molar-refractivity contribution in [2.75, 3.05) is 24.7 Å². The number of morpholine rings is 1. The van der Waals surface area contributed by atoms with Gasteiger partial charge in [0.2, 0.25) is 0 Å². The van der Waals surface area contributed by atoms with Crippen LogP contribution in [0.3, 0.4) is 0 Å². The summed E-state index contributed by atoms with van der Waals surface area (Å²) in [5.74, 6) is 0. The van der Waals surface area contributed by atoms with E-state index in [0.717, 1.165) is 36.2 Å². The number of hydrogen-bond acceptors (Lipinski definition) is 3. The molecule has 0 spiro atoms. The van der Waals surface area contributed by atoms with E-state index in [9.17, 15) is 5.11 Å². The smallest absolute Gasteiger partial charge is 0.0772 e. The first-order chi connectivity index (χ1) is 8.63. The Kier molecular flexibility index (Phi) is 4.65. The lowest BCUT2D eigenvalue weighted by atomic mass is 10.1. The molecule has 1 fully saturated rings. The molecule has 1 saturated heterocycles. The summed E-state index contributed by atoms with van der Waals surface area (Å²) < 4.78 is 6.49. The molecule has 4 heteroatoms. The Morgan fingerprint density at radius 1 is 1.56 bits per heavy atom. The average molecular weight is 314 g/mol. The molecule has 2 unspecified atom stereocenters. The molecular formula is C14H20BrNO2. The normalized spacial score (nSPS) is 22.0. The van der Waals surface area contributed by atoms with E-state index in [1.165, 1.54) is 5.69 Å². The van der Waals surface area contributed by atoms with E-state index in [1.54, 1.807) is 6.92 Å². The second-order valence-electron chi connectivity index (χ2n) is 4.71. The number of hydrogen-bond donors (Lipinski definition) is 1. The van der Waals surface area contributed by atoms with Gasteiger partial charge in [-0.05, 0) is 31.0 Å². The van der Waals surface area contributed by atoms with Crippen molar-refractivity contribution in [1.82, 2.24) is 0 Å². The van der Waals surface area contributed by atoms with E-state index < -0.39 is 6.10 Å². The minimum absolute atomic E-state index is 0.444. The standard InChI is InChI=1S/C14H20BrNO2/c1-3-11-9-18-7-6-16(11)12-4-5-13(10(2)17)14(15)8-12/h4-5,8,10-11,17H,3,6-7,9H2,1-2H3. The van der Waals surface area contributed by atoms with Gasteiger partial charge in [-0.25, -0.2) is 0 Å². The molecule has 0 radical (unpaired) electrons. The Morgan fingerprint density at radius 3 is 2.94 bits per heavy atom. The van der Waals surface area contributed by atoms with Crippen LogP contribution in [0.15, 0.2) is 22.7 Å². The maximum absolute atomic E-state index is 9.64. The molecule has 1 aromatic carbocycles. The third kappa shape index (κ3) is 2.87. The second kappa shape index (κ2) is 6.04. The minimum Gasteiger partial charge on any atom is -0.389 e. The molecule has 1 aliphatic rings. The largest absolute Gasteiger partial charge is 0.389 e. The van der Waals surface area contributed by atoms with Crippen LogP contribution in [0.25, 0.3) is 0 Å². The molecule has 1 aliphatic heterocycles. The third-order valence-corrected chi connectivity index (χ3v) is 4.15. The first-order valence-corrected chi connectivity index (χ1v) is 7.24. The van der Waals surface area contributed by atoms with E-state index in [4.69, 9.17) is 4.74 Å². The quantitative estimate of drug-likeness (QED) is 0.930. The Bertz CT molecular complexity index is 409. The van der Waals surface area contributed by atoms with E-state index in [2.05, 4.69) is 39.9 Å². The number of aliphatic hydroxyl groups is 1. The molecule has 18 heavy (non-hydrogen) atoms. The molecule has 3 nitrogen and oxygen atoms in total. The summed E-state index contributed by atoms with van der Waals surface area (Å²) in [5.41, 5.74) is 2.13. The lowest BCUT2D eigenvalue weighted by Gasteiger charge is -2.37. The fourth-order valence-electron chi connectivity index (χ4n) is 2.37.